The molecule has 1 saturated heterocycles. The molecule has 0 bridgehead atoms. The SMILES string of the molecule is C[C@@H]1CC[C@@H](c2ccc3nn(CCN(C)C)cc3c2)N(C(=O)OC(C)(C)C)C1. The first-order chi connectivity index (χ1) is 13.1. The Morgan fingerprint density at radius 3 is 2.71 bits per heavy atom. The van der Waals surface area contributed by atoms with Crippen LogP contribution in [0, 0.1) is 5.92 Å². The van der Waals surface area contributed by atoms with Gasteiger partial charge in [-0.25, -0.2) is 4.79 Å². The van der Waals surface area contributed by atoms with E-state index < -0.39 is 5.60 Å². The van der Waals surface area contributed by atoms with E-state index in [1.54, 1.807) is 0 Å². The first-order valence-corrected chi connectivity index (χ1v) is 10.2. The van der Waals surface area contributed by atoms with Crippen molar-refractivity contribution in [2.24, 2.45) is 5.92 Å². The molecule has 154 valence electrons. The van der Waals surface area contributed by atoms with Gasteiger partial charge < -0.3 is 14.5 Å². The predicted octanol–water partition coefficient (Wildman–Crippen LogP) is 4.31. The number of carbonyl (C=O) groups is 1. The van der Waals surface area contributed by atoms with Crippen LogP contribution in [-0.2, 0) is 11.3 Å². The summed E-state index contributed by atoms with van der Waals surface area (Å²) in [5, 5.41) is 5.79. The van der Waals surface area contributed by atoms with Gasteiger partial charge in [-0.2, -0.15) is 5.10 Å². The smallest absolute Gasteiger partial charge is 0.410 e. The zero-order valence-corrected chi connectivity index (χ0v) is 18.1. The number of hydrogen-bond acceptors (Lipinski definition) is 4. The number of likely N-dealkylation sites (N-methyl/N-ethyl adjacent to an activating group) is 1. The van der Waals surface area contributed by atoms with Crippen molar-refractivity contribution in [3.63, 3.8) is 0 Å². The number of ether oxygens (including phenoxy) is 1. The standard InChI is InChI=1S/C22H34N4O2/c1-16-7-10-20(26(14-16)21(27)28-22(2,3)4)17-8-9-19-18(13-17)15-25(23-19)12-11-24(5)6/h8-9,13,15-16,20H,7,10-12,14H2,1-6H3/t16-,20+/m1/s1. The number of piperidine rings is 1. The molecule has 2 aromatic rings. The van der Waals surface area contributed by atoms with E-state index >= 15 is 0 Å². The second-order valence-electron chi connectivity index (χ2n) is 9.34. The lowest BCUT2D eigenvalue weighted by Crippen LogP contribution is -2.44. The number of rotatable bonds is 4. The highest BCUT2D eigenvalue weighted by Gasteiger charge is 2.34. The summed E-state index contributed by atoms with van der Waals surface area (Å²) in [5.74, 6) is 0.487. The van der Waals surface area contributed by atoms with Crippen LogP contribution < -0.4 is 0 Å². The average molecular weight is 387 g/mol. The fourth-order valence-electron chi connectivity index (χ4n) is 3.74. The quantitative estimate of drug-likeness (QED) is 0.786. The Labute approximate surface area is 168 Å². The van der Waals surface area contributed by atoms with Gasteiger partial charge in [0.05, 0.1) is 18.1 Å². The number of likely N-dealkylation sites (tertiary alicyclic amines) is 1. The van der Waals surface area contributed by atoms with Crippen molar-refractivity contribution in [1.29, 1.82) is 0 Å². The number of carbonyl (C=O) groups excluding carboxylic acids is 1. The fourth-order valence-corrected chi connectivity index (χ4v) is 3.74. The van der Waals surface area contributed by atoms with Gasteiger partial charge in [0.15, 0.2) is 0 Å². The summed E-state index contributed by atoms with van der Waals surface area (Å²) in [6, 6.07) is 6.43. The molecular weight excluding hydrogens is 352 g/mol. The Balaban J connectivity index is 1.84. The molecule has 1 aromatic carbocycles. The van der Waals surface area contributed by atoms with E-state index in [9.17, 15) is 4.79 Å². The second kappa shape index (κ2) is 8.11. The molecule has 1 amide bonds. The van der Waals surface area contributed by atoms with Crippen LogP contribution >= 0.6 is 0 Å². The van der Waals surface area contributed by atoms with Crippen molar-refractivity contribution >= 4 is 17.0 Å². The molecule has 0 radical (unpaired) electrons. The number of hydrogen-bond donors (Lipinski definition) is 0. The molecule has 0 saturated carbocycles. The zero-order valence-electron chi connectivity index (χ0n) is 18.1. The van der Waals surface area contributed by atoms with Gasteiger partial charge in [0, 0.05) is 24.7 Å². The molecule has 0 unspecified atom stereocenters. The minimum atomic E-state index is -0.486. The Bertz CT molecular complexity index is 822. The van der Waals surface area contributed by atoms with Gasteiger partial charge in [-0.1, -0.05) is 13.0 Å². The molecule has 1 aliphatic heterocycles. The van der Waals surface area contributed by atoms with Gasteiger partial charge in [-0.05, 0) is 71.3 Å². The molecule has 6 nitrogen and oxygen atoms in total. The molecule has 0 N–H and O–H groups in total. The van der Waals surface area contributed by atoms with Gasteiger partial charge in [0.2, 0.25) is 0 Å². The number of amides is 1. The van der Waals surface area contributed by atoms with E-state index in [4.69, 9.17) is 4.74 Å². The molecule has 2 heterocycles. The Morgan fingerprint density at radius 1 is 1.29 bits per heavy atom. The summed E-state index contributed by atoms with van der Waals surface area (Å²) in [7, 11) is 4.13. The highest BCUT2D eigenvalue weighted by atomic mass is 16.6. The van der Waals surface area contributed by atoms with E-state index in [-0.39, 0.29) is 12.1 Å². The lowest BCUT2D eigenvalue weighted by atomic mass is 9.90. The van der Waals surface area contributed by atoms with Gasteiger partial charge in [0.25, 0.3) is 0 Å². The molecule has 1 aliphatic rings. The predicted molar refractivity (Wildman–Crippen MR) is 112 cm³/mol. The van der Waals surface area contributed by atoms with E-state index in [0.717, 1.165) is 48.9 Å². The minimum absolute atomic E-state index is 0.0561. The third-order valence-electron chi connectivity index (χ3n) is 5.18. The van der Waals surface area contributed by atoms with Crippen molar-refractivity contribution in [1.82, 2.24) is 19.6 Å². The number of fused-ring (bicyclic) bond motifs is 1. The Morgan fingerprint density at radius 2 is 2.04 bits per heavy atom. The third kappa shape index (κ3) is 5.04. The van der Waals surface area contributed by atoms with Crippen LogP contribution in [0.25, 0.3) is 10.9 Å². The van der Waals surface area contributed by atoms with Crippen LogP contribution in [0.3, 0.4) is 0 Å². The van der Waals surface area contributed by atoms with Crippen LogP contribution in [-0.4, -0.2) is 58.5 Å². The highest BCUT2D eigenvalue weighted by molar-refractivity contribution is 5.79. The van der Waals surface area contributed by atoms with Crippen molar-refractivity contribution in [2.45, 2.75) is 58.7 Å². The second-order valence-corrected chi connectivity index (χ2v) is 9.34. The fraction of sp³-hybridized carbons (Fsp3) is 0.636. The number of nitrogens with zero attached hydrogens (tertiary/aromatic N) is 4. The maximum atomic E-state index is 12.8. The molecule has 1 fully saturated rings. The van der Waals surface area contributed by atoms with E-state index in [1.807, 2.05) is 30.4 Å². The largest absolute Gasteiger partial charge is 0.444 e. The lowest BCUT2D eigenvalue weighted by molar-refractivity contribution is 0.00365. The number of benzene rings is 1. The van der Waals surface area contributed by atoms with Crippen LogP contribution in [0.2, 0.25) is 0 Å². The van der Waals surface area contributed by atoms with Crippen molar-refractivity contribution in [3.05, 3.63) is 30.0 Å². The molecule has 0 aliphatic carbocycles. The maximum absolute atomic E-state index is 12.8. The number of aromatic nitrogens is 2. The monoisotopic (exact) mass is 386 g/mol. The Kier molecular flexibility index (Phi) is 5.98. The third-order valence-corrected chi connectivity index (χ3v) is 5.18. The molecule has 2 atom stereocenters. The summed E-state index contributed by atoms with van der Waals surface area (Å²) < 4.78 is 7.69. The van der Waals surface area contributed by atoms with Crippen molar-refractivity contribution < 1.29 is 9.53 Å². The summed E-state index contributed by atoms with van der Waals surface area (Å²) in [6.07, 6.45) is 3.96. The first kappa shape index (κ1) is 20.6. The van der Waals surface area contributed by atoms with Crippen LogP contribution in [0.5, 0.6) is 0 Å². The van der Waals surface area contributed by atoms with Crippen molar-refractivity contribution in [2.75, 3.05) is 27.2 Å². The van der Waals surface area contributed by atoms with E-state index in [1.165, 1.54) is 0 Å². The van der Waals surface area contributed by atoms with Crippen molar-refractivity contribution in [3.8, 4) is 0 Å². The van der Waals surface area contributed by atoms with E-state index in [2.05, 4.69) is 55.4 Å². The molecule has 28 heavy (non-hydrogen) atoms. The topological polar surface area (TPSA) is 50.6 Å². The highest BCUT2D eigenvalue weighted by Crippen LogP contribution is 2.35. The molecule has 3 rings (SSSR count). The van der Waals surface area contributed by atoms with Gasteiger partial charge >= 0.3 is 6.09 Å². The molecule has 6 heteroatoms. The Hall–Kier alpha value is -2.08. The first-order valence-electron chi connectivity index (χ1n) is 10.2. The maximum Gasteiger partial charge on any atom is 0.410 e. The van der Waals surface area contributed by atoms with Crippen LogP contribution in [0.15, 0.2) is 24.4 Å². The van der Waals surface area contributed by atoms with Gasteiger partial charge in [-0.15, -0.1) is 0 Å². The van der Waals surface area contributed by atoms with Crippen LogP contribution in [0.1, 0.15) is 52.1 Å². The summed E-state index contributed by atoms with van der Waals surface area (Å²) in [4.78, 5) is 16.9. The summed E-state index contributed by atoms with van der Waals surface area (Å²) >= 11 is 0. The normalized spacial score (nSPS) is 20.8. The molecular formula is C22H34N4O2. The molecule has 0 spiro atoms. The van der Waals surface area contributed by atoms with Gasteiger partial charge in [-0.3, -0.25) is 4.68 Å². The summed E-state index contributed by atoms with van der Waals surface area (Å²) in [5.41, 5.74) is 1.67. The van der Waals surface area contributed by atoms with E-state index in [0.29, 0.717) is 5.92 Å². The molecule has 1 aromatic heterocycles. The van der Waals surface area contributed by atoms with Gasteiger partial charge in [0.1, 0.15) is 5.60 Å². The minimum Gasteiger partial charge on any atom is -0.444 e. The van der Waals surface area contributed by atoms with Crippen LogP contribution in [0.4, 0.5) is 4.79 Å². The average Bonchev–Trinajstić information content (AvgIpc) is 3.00. The summed E-state index contributed by atoms with van der Waals surface area (Å²) in [6.45, 7) is 10.5. The lowest BCUT2D eigenvalue weighted by Gasteiger charge is -2.39. The zero-order chi connectivity index (χ0) is 20.5.